The predicted molar refractivity (Wildman–Crippen MR) is 100 cm³/mol. The number of rotatable bonds is 2. The number of phenolic OH excluding ortho intramolecular Hbond substituents is 1. The molecular formula is C21H17NO5. The van der Waals surface area contributed by atoms with Crippen LogP contribution in [0.15, 0.2) is 44.0 Å². The van der Waals surface area contributed by atoms with Crippen molar-refractivity contribution >= 4 is 32.9 Å². The van der Waals surface area contributed by atoms with E-state index in [1.165, 1.54) is 18.9 Å². The minimum Gasteiger partial charge on any atom is -0.508 e. The van der Waals surface area contributed by atoms with Gasteiger partial charge in [-0.1, -0.05) is 0 Å². The Morgan fingerprint density at radius 3 is 2.81 bits per heavy atom. The van der Waals surface area contributed by atoms with Crippen LogP contribution in [0.1, 0.15) is 18.4 Å². The van der Waals surface area contributed by atoms with Crippen LogP contribution in [-0.2, 0) is 6.54 Å². The van der Waals surface area contributed by atoms with E-state index >= 15 is 0 Å². The first-order valence-corrected chi connectivity index (χ1v) is 9.16. The van der Waals surface area contributed by atoms with Crippen LogP contribution in [-0.4, -0.2) is 23.3 Å². The molecule has 27 heavy (non-hydrogen) atoms. The van der Waals surface area contributed by atoms with Gasteiger partial charge in [0.15, 0.2) is 5.58 Å². The van der Waals surface area contributed by atoms with Crippen molar-refractivity contribution in [1.82, 2.24) is 4.90 Å². The Kier molecular flexibility index (Phi) is 2.95. The Hall–Kier alpha value is -2.99. The number of hydrogen-bond donors (Lipinski definition) is 1. The Morgan fingerprint density at radius 2 is 1.96 bits per heavy atom. The fourth-order valence-electron chi connectivity index (χ4n) is 4.06. The van der Waals surface area contributed by atoms with E-state index in [1.54, 1.807) is 12.1 Å². The second-order valence-corrected chi connectivity index (χ2v) is 7.52. The molecular weight excluding hydrogens is 346 g/mol. The highest BCUT2D eigenvalue weighted by Crippen LogP contribution is 2.40. The van der Waals surface area contributed by atoms with Gasteiger partial charge in [-0.05, 0) is 43.0 Å². The highest BCUT2D eigenvalue weighted by atomic mass is 16.5. The van der Waals surface area contributed by atoms with E-state index in [2.05, 4.69) is 4.90 Å². The lowest BCUT2D eigenvalue weighted by molar-refractivity contribution is 0.0919. The molecule has 3 heterocycles. The predicted octanol–water partition coefficient (Wildman–Crippen LogP) is 3.96. The van der Waals surface area contributed by atoms with Gasteiger partial charge in [-0.15, -0.1) is 0 Å². The summed E-state index contributed by atoms with van der Waals surface area (Å²) in [5.41, 5.74) is 1.96. The zero-order chi connectivity index (χ0) is 18.1. The summed E-state index contributed by atoms with van der Waals surface area (Å²) in [4.78, 5) is 15.0. The van der Waals surface area contributed by atoms with Gasteiger partial charge in [0, 0.05) is 30.1 Å². The second kappa shape index (κ2) is 5.27. The SMILES string of the molecule is O=c1oc2cc(O)ccc2c2oc3ccc4c(c3c12)CN(CC1CC1)CO4. The monoisotopic (exact) mass is 363 g/mol. The van der Waals surface area contributed by atoms with E-state index in [9.17, 15) is 9.90 Å². The number of hydrogen-bond acceptors (Lipinski definition) is 6. The minimum atomic E-state index is -0.463. The van der Waals surface area contributed by atoms with Crippen LogP contribution in [0.5, 0.6) is 11.5 Å². The first-order valence-electron chi connectivity index (χ1n) is 9.16. The Bertz CT molecular complexity index is 1280. The molecule has 4 aromatic rings. The van der Waals surface area contributed by atoms with Gasteiger partial charge < -0.3 is 18.7 Å². The molecule has 0 saturated heterocycles. The van der Waals surface area contributed by atoms with Crippen LogP contribution in [0.2, 0.25) is 0 Å². The maximum Gasteiger partial charge on any atom is 0.348 e. The molecule has 6 rings (SSSR count). The maximum absolute atomic E-state index is 12.8. The van der Waals surface area contributed by atoms with Crippen LogP contribution < -0.4 is 10.4 Å². The van der Waals surface area contributed by atoms with Crippen LogP contribution >= 0.6 is 0 Å². The molecule has 136 valence electrons. The quantitative estimate of drug-likeness (QED) is 0.543. The van der Waals surface area contributed by atoms with Gasteiger partial charge in [0.2, 0.25) is 0 Å². The Labute approximate surface area is 153 Å². The molecule has 6 nitrogen and oxygen atoms in total. The molecule has 2 aromatic carbocycles. The Morgan fingerprint density at radius 1 is 1.07 bits per heavy atom. The van der Waals surface area contributed by atoms with Gasteiger partial charge in [-0.25, -0.2) is 4.79 Å². The van der Waals surface area contributed by atoms with Crippen LogP contribution in [0.25, 0.3) is 32.9 Å². The smallest absolute Gasteiger partial charge is 0.348 e. The van der Waals surface area contributed by atoms with Crippen LogP contribution in [0, 0.1) is 5.92 Å². The van der Waals surface area contributed by atoms with Crippen molar-refractivity contribution in [2.75, 3.05) is 13.3 Å². The molecule has 0 atom stereocenters. The van der Waals surface area contributed by atoms with Crippen LogP contribution in [0.3, 0.4) is 0 Å². The molecule has 0 spiro atoms. The largest absolute Gasteiger partial charge is 0.508 e. The lowest BCUT2D eigenvalue weighted by atomic mass is 10.0. The van der Waals surface area contributed by atoms with Gasteiger partial charge in [-0.2, -0.15) is 0 Å². The van der Waals surface area contributed by atoms with Crippen molar-refractivity contribution in [2.45, 2.75) is 19.4 Å². The number of aromatic hydroxyl groups is 1. The number of benzene rings is 2. The number of ether oxygens (including phenoxy) is 1. The van der Waals surface area contributed by atoms with E-state index in [-0.39, 0.29) is 5.75 Å². The van der Waals surface area contributed by atoms with Crippen molar-refractivity contribution in [3.05, 3.63) is 46.3 Å². The molecule has 1 fully saturated rings. The molecule has 0 bridgehead atoms. The number of phenols is 1. The van der Waals surface area contributed by atoms with Crippen molar-refractivity contribution < 1.29 is 18.7 Å². The lowest BCUT2D eigenvalue weighted by Gasteiger charge is -2.29. The van der Waals surface area contributed by atoms with E-state index < -0.39 is 5.63 Å². The molecule has 0 amide bonds. The third kappa shape index (κ3) is 2.26. The summed E-state index contributed by atoms with van der Waals surface area (Å²) in [7, 11) is 0. The minimum absolute atomic E-state index is 0.0441. The number of nitrogens with zero attached hydrogens (tertiary/aromatic N) is 1. The van der Waals surface area contributed by atoms with E-state index in [4.69, 9.17) is 13.6 Å². The fraction of sp³-hybridized carbons (Fsp3) is 0.286. The highest BCUT2D eigenvalue weighted by Gasteiger charge is 2.29. The fourth-order valence-corrected chi connectivity index (χ4v) is 4.06. The highest BCUT2D eigenvalue weighted by molar-refractivity contribution is 6.14. The standard InChI is InChI=1S/C21H17NO5/c23-12-3-4-13-17(7-12)27-21(24)19-18-14-9-22(8-11-1-2-11)10-25-15(14)5-6-16(18)26-20(13)19/h3-7,11,23H,1-2,8-10H2. The molecule has 2 aliphatic rings. The molecule has 6 heteroatoms. The summed E-state index contributed by atoms with van der Waals surface area (Å²) < 4.78 is 17.5. The average molecular weight is 363 g/mol. The van der Waals surface area contributed by atoms with Gasteiger partial charge in [0.05, 0.1) is 5.39 Å². The van der Waals surface area contributed by atoms with Crippen molar-refractivity contribution in [2.24, 2.45) is 5.92 Å². The molecule has 1 aliphatic carbocycles. The third-order valence-electron chi connectivity index (χ3n) is 5.54. The first kappa shape index (κ1) is 15.1. The van der Waals surface area contributed by atoms with Gasteiger partial charge >= 0.3 is 5.63 Å². The first-order chi connectivity index (χ1) is 13.2. The topological polar surface area (TPSA) is 76.0 Å². The number of fused-ring (bicyclic) bond motifs is 7. The zero-order valence-electron chi connectivity index (χ0n) is 14.5. The summed E-state index contributed by atoms with van der Waals surface area (Å²) in [6, 6.07) is 8.45. The summed E-state index contributed by atoms with van der Waals surface area (Å²) in [5.74, 6) is 1.60. The van der Waals surface area contributed by atoms with E-state index in [0.717, 1.165) is 35.7 Å². The molecule has 1 N–H and O–H groups in total. The molecule has 0 unspecified atom stereocenters. The summed E-state index contributed by atoms with van der Waals surface area (Å²) in [6.07, 6.45) is 2.56. The zero-order valence-corrected chi connectivity index (χ0v) is 14.5. The molecule has 1 aliphatic heterocycles. The van der Waals surface area contributed by atoms with Crippen molar-refractivity contribution in [3.8, 4) is 11.5 Å². The van der Waals surface area contributed by atoms with Crippen molar-refractivity contribution in [3.63, 3.8) is 0 Å². The van der Waals surface area contributed by atoms with Gasteiger partial charge in [0.25, 0.3) is 0 Å². The average Bonchev–Trinajstić information content (AvgIpc) is 3.37. The molecule has 1 saturated carbocycles. The lowest BCUT2D eigenvalue weighted by Crippen LogP contribution is -2.33. The van der Waals surface area contributed by atoms with E-state index in [0.29, 0.717) is 34.3 Å². The van der Waals surface area contributed by atoms with Crippen molar-refractivity contribution in [1.29, 1.82) is 0 Å². The second-order valence-electron chi connectivity index (χ2n) is 7.52. The molecule has 2 aromatic heterocycles. The third-order valence-corrected chi connectivity index (χ3v) is 5.54. The summed E-state index contributed by atoms with van der Waals surface area (Å²) in [5, 5.41) is 11.6. The maximum atomic E-state index is 12.8. The van der Waals surface area contributed by atoms with Crippen LogP contribution in [0.4, 0.5) is 0 Å². The number of furan rings is 1. The summed E-state index contributed by atoms with van der Waals surface area (Å²) in [6.45, 7) is 2.31. The normalized spacial score (nSPS) is 17.5. The van der Waals surface area contributed by atoms with Gasteiger partial charge in [-0.3, -0.25) is 4.90 Å². The van der Waals surface area contributed by atoms with E-state index in [1.807, 2.05) is 12.1 Å². The van der Waals surface area contributed by atoms with Gasteiger partial charge in [0.1, 0.15) is 34.8 Å². The molecule has 0 radical (unpaired) electrons. The summed E-state index contributed by atoms with van der Waals surface area (Å²) >= 11 is 0. The Balaban J connectivity index is 1.64.